The molecule has 0 aromatic carbocycles. The molecule has 0 saturated heterocycles. The highest BCUT2D eigenvalue weighted by Gasteiger charge is 2.12. The standard InChI is InChI=1S/C16H18N4/c1-12-13(5-8-17-2)6-9-20(12)16-10-15-14(11-19-16)4-3-7-18-15/h5-6,8-11,18H,2-4,7H2,1H3/b8-5-. The summed E-state index contributed by atoms with van der Waals surface area (Å²) in [6.45, 7) is 6.58. The van der Waals surface area contributed by atoms with Crippen molar-refractivity contribution < 1.29 is 0 Å². The molecule has 0 radical (unpaired) electrons. The third kappa shape index (κ3) is 2.25. The third-order valence-corrected chi connectivity index (χ3v) is 3.70. The van der Waals surface area contributed by atoms with Crippen molar-refractivity contribution in [2.75, 3.05) is 11.9 Å². The Morgan fingerprint density at radius 1 is 1.50 bits per heavy atom. The largest absolute Gasteiger partial charge is 0.385 e. The molecule has 0 saturated carbocycles. The van der Waals surface area contributed by atoms with Gasteiger partial charge in [0.15, 0.2) is 0 Å². The molecular formula is C16H18N4. The van der Waals surface area contributed by atoms with Gasteiger partial charge in [-0.1, -0.05) is 0 Å². The van der Waals surface area contributed by atoms with E-state index in [0.717, 1.165) is 30.0 Å². The summed E-state index contributed by atoms with van der Waals surface area (Å²) in [5, 5.41) is 3.44. The van der Waals surface area contributed by atoms with Crippen molar-refractivity contribution in [1.29, 1.82) is 0 Å². The van der Waals surface area contributed by atoms with Gasteiger partial charge in [-0.15, -0.1) is 0 Å². The molecule has 0 bridgehead atoms. The van der Waals surface area contributed by atoms with E-state index in [1.54, 1.807) is 6.20 Å². The first kappa shape index (κ1) is 12.7. The first-order valence-electron chi connectivity index (χ1n) is 6.83. The van der Waals surface area contributed by atoms with Crippen LogP contribution in [0.5, 0.6) is 0 Å². The molecule has 20 heavy (non-hydrogen) atoms. The second-order valence-electron chi connectivity index (χ2n) is 4.95. The number of aryl methyl sites for hydroxylation is 1. The number of hydrogen-bond acceptors (Lipinski definition) is 3. The summed E-state index contributed by atoms with van der Waals surface area (Å²) in [6, 6.07) is 4.19. The minimum absolute atomic E-state index is 0.946. The molecular weight excluding hydrogens is 248 g/mol. The Morgan fingerprint density at radius 3 is 3.25 bits per heavy atom. The van der Waals surface area contributed by atoms with Crippen LogP contribution < -0.4 is 5.32 Å². The van der Waals surface area contributed by atoms with E-state index in [1.165, 1.54) is 17.7 Å². The maximum atomic E-state index is 4.58. The highest BCUT2D eigenvalue weighted by Crippen LogP contribution is 2.24. The van der Waals surface area contributed by atoms with E-state index in [2.05, 4.69) is 45.6 Å². The highest BCUT2D eigenvalue weighted by molar-refractivity contribution is 5.58. The van der Waals surface area contributed by atoms with Gasteiger partial charge in [0.05, 0.1) is 0 Å². The molecule has 0 amide bonds. The molecule has 102 valence electrons. The number of anilines is 1. The average Bonchev–Trinajstić information content (AvgIpc) is 2.85. The number of aromatic nitrogens is 2. The maximum absolute atomic E-state index is 4.58. The molecule has 2 aromatic heterocycles. The summed E-state index contributed by atoms with van der Waals surface area (Å²) in [7, 11) is 0. The molecule has 1 aliphatic rings. The second-order valence-corrected chi connectivity index (χ2v) is 4.95. The number of nitrogens with zero attached hydrogens (tertiary/aromatic N) is 3. The van der Waals surface area contributed by atoms with Crippen LogP contribution in [-0.2, 0) is 6.42 Å². The molecule has 4 nitrogen and oxygen atoms in total. The van der Waals surface area contributed by atoms with Gasteiger partial charge in [-0.2, -0.15) is 0 Å². The van der Waals surface area contributed by atoms with Gasteiger partial charge in [0.1, 0.15) is 5.82 Å². The van der Waals surface area contributed by atoms with Gasteiger partial charge in [0.25, 0.3) is 0 Å². The Labute approximate surface area is 118 Å². The van der Waals surface area contributed by atoms with Crippen LogP contribution in [0.25, 0.3) is 11.9 Å². The second kappa shape index (κ2) is 5.33. The van der Waals surface area contributed by atoms with Gasteiger partial charge in [0.2, 0.25) is 0 Å². The van der Waals surface area contributed by atoms with Gasteiger partial charge >= 0.3 is 0 Å². The van der Waals surface area contributed by atoms with Gasteiger partial charge in [0, 0.05) is 42.6 Å². The average molecular weight is 266 g/mol. The van der Waals surface area contributed by atoms with Crippen LogP contribution in [0.15, 0.2) is 35.7 Å². The monoisotopic (exact) mass is 266 g/mol. The van der Waals surface area contributed by atoms with Gasteiger partial charge < -0.3 is 9.88 Å². The lowest BCUT2D eigenvalue weighted by molar-refractivity contribution is 0.819. The lowest BCUT2D eigenvalue weighted by Gasteiger charge is -2.18. The molecule has 3 rings (SSSR count). The number of rotatable bonds is 3. The molecule has 3 heterocycles. The first-order chi connectivity index (χ1) is 9.79. The zero-order chi connectivity index (χ0) is 13.9. The highest BCUT2D eigenvalue weighted by atomic mass is 15.1. The van der Waals surface area contributed by atoms with E-state index in [-0.39, 0.29) is 0 Å². The minimum atomic E-state index is 0.946. The predicted molar refractivity (Wildman–Crippen MR) is 83.7 cm³/mol. The Balaban J connectivity index is 1.99. The fourth-order valence-electron chi connectivity index (χ4n) is 2.55. The zero-order valence-electron chi connectivity index (χ0n) is 11.6. The molecule has 4 heteroatoms. The van der Waals surface area contributed by atoms with E-state index in [9.17, 15) is 0 Å². The third-order valence-electron chi connectivity index (χ3n) is 3.70. The molecule has 0 unspecified atom stereocenters. The minimum Gasteiger partial charge on any atom is -0.385 e. The SMILES string of the molecule is C=N/C=C\c1ccn(-c2cc3c(cn2)CCCN3)c1C. The van der Waals surface area contributed by atoms with Crippen molar-refractivity contribution in [3.8, 4) is 5.82 Å². The van der Waals surface area contributed by atoms with E-state index in [4.69, 9.17) is 0 Å². The fraction of sp³-hybridized carbons (Fsp3) is 0.250. The summed E-state index contributed by atoms with van der Waals surface area (Å²) in [6.07, 6.45) is 9.97. The molecule has 0 fully saturated rings. The van der Waals surface area contributed by atoms with Crippen LogP contribution in [0.1, 0.15) is 23.2 Å². The summed E-state index contributed by atoms with van der Waals surface area (Å²) < 4.78 is 2.10. The quantitative estimate of drug-likeness (QED) is 0.867. The van der Waals surface area contributed by atoms with Crippen LogP contribution in [0, 0.1) is 6.92 Å². The van der Waals surface area contributed by atoms with Gasteiger partial charge in [-0.05, 0) is 49.8 Å². The lowest BCUT2D eigenvalue weighted by atomic mass is 10.1. The number of pyridine rings is 1. The lowest BCUT2D eigenvalue weighted by Crippen LogP contribution is -2.13. The van der Waals surface area contributed by atoms with Crippen molar-refractivity contribution in [2.24, 2.45) is 4.99 Å². The van der Waals surface area contributed by atoms with E-state index in [0.29, 0.717) is 0 Å². The molecule has 1 N–H and O–H groups in total. The Kier molecular flexibility index (Phi) is 3.37. The van der Waals surface area contributed by atoms with E-state index >= 15 is 0 Å². The summed E-state index contributed by atoms with van der Waals surface area (Å²) >= 11 is 0. The van der Waals surface area contributed by atoms with Crippen molar-refractivity contribution in [3.63, 3.8) is 0 Å². The Hall–Kier alpha value is -2.36. The predicted octanol–water partition coefficient (Wildman–Crippen LogP) is 3.21. The topological polar surface area (TPSA) is 42.2 Å². The van der Waals surface area contributed by atoms with E-state index < -0.39 is 0 Å². The maximum Gasteiger partial charge on any atom is 0.138 e. The molecule has 0 atom stereocenters. The normalized spacial score (nSPS) is 14.1. The van der Waals surface area contributed by atoms with Crippen molar-refractivity contribution in [1.82, 2.24) is 9.55 Å². The summed E-state index contributed by atoms with van der Waals surface area (Å²) in [4.78, 5) is 8.33. The van der Waals surface area contributed by atoms with Crippen molar-refractivity contribution in [2.45, 2.75) is 19.8 Å². The number of aliphatic imine (C=N–C) groups is 1. The van der Waals surface area contributed by atoms with Gasteiger partial charge in [-0.3, -0.25) is 4.99 Å². The van der Waals surface area contributed by atoms with Crippen molar-refractivity contribution in [3.05, 3.63) is 47.5 Å². The number of hydrogen-bond donors (Lipinski definition) is 1. The number of nitrogens with one attached hydrogen (secondary N) is 1. The molecule has 0 aliphatic carbocycles. The smallest absolute Gasteiger partial charge is 0.138 e. The van der Waals surface area contributed by atoms with Crippen LogP contribution in [0.3, 0.4) is 0 Å². The molecule has 0 spiro atoms. The number of fused-ring (bicyclic) bond motifs is 1. The fourth-order valence-corrected chi connectivity index (χ4v) is 2.55. The summed E-state index contributed by atoms with van der Waals surface area (Å²) in [5.74, 6) is 0.946. The van der Waals surface area contributed by atoms with E-state index in [1.807, 2.05) is 18.5 Å². The Bertz CT molecular complexity index is 667. The first-order valence-corrected chi connectivity index (χ1v) is 6.83. The van der Waals surface area contributed by atoms with Crippen LogP contribution >= 0.6 is 0 Å². The van der Waals surface area contributed by atoms with Crippen LogP contribution in [0.2, 0.25) is 0 Å². The molecule has 2 aromatic rings. The van der Waals surface area contributed by atoms with Crippen LogP contribution in [-0.4, -0.2) is 22.8 Å². The van der Waals surface area contributed by atoms with Crippen molar-refractivity contribution >= 4 is 18.5 Å². The zero-order valence-corrected chi connectivity index (χ0v) is 11.6. The van der Waals surface area contributed by atoms with Gasteiger partial charge in [-0.25, -0.2) is 4.98 Å². The van der Waals surface area contributed by atoms with Crippen LogP contribution in [0.4, 0.5) is 5.69 Å². The summed E-state index contributed by atoms with van der Waals surface area (Å²) in [5.41, 5.74) is 4.79. The Morgan fingerprint density at radius 2 is 2.40 bits per heavy atom. The molecule has 1 aliphatic heterocycles.